The number of benzene rings is 2. The smallest absolute Gasteiger partial charge is 0.237 e. The van der Waals surface area contributed by atoms with Crippen LogP contribution < -0.4 is 5.73 Å². The predicted molar refractivity (Wildman–Crippen MR) is 85.1 cm³/mol. The molecule has 0 saturated heterocycles. The van der Waals surface area contributed by atoms with E-state index in [-0.39, 0.29) is 5.92 Å². The normalized spacial score (nSPS) is 28.8. The van der Waals surface area contributed by atoms with E-state index >= 15 is 0 Å². The summed E-state index contributed by atoms with van der Waals surface area (Å²) in [5.74, 6) is 0.473. The van der Waals surface area contributed by atoms with E-state index in [1.807, 2.05) is 18.2 Å². The molecular weight excluding hydrogens is 272 g/mol. The molecule has 2 aliphatic carbocycles. The highest BCUT2D eigenvalue weighted by atomic mass is 16.1. The van der Waals surface area contributed by atoms with Crippen LogP contribution in [0.4, 0.5) is 0 Å². The Kier molecular flexibility index (Phi) is 3.00. The summed E-state index contributed by atoms with van der Waals surface area (Å²) in [6.45, 7) is 0. The minimum Gasteiger partial charge on any atom is -0.302 e. The van der Waals surface area contributed by atoms with Crippen LogP contribution in [0.15, 0.2) is 53.5 Å². The first-order valence-electron chi connectivity index (χ1n) is 7.78. The summed E-state index contributed by atoms with van der Waals surface area (Å²) in [5, 5.41) is 0. The van der Waals surface area contributed by atoms with E-state index in [2.05, 4.69) is 35.3 Å². The topological polar surface area (TPSA) is 55.4 Å². The number of aryl methyl sites for hydroxylation is 1. The van der Waals surface area contributed by atoms with Gasteiger partial charge in [0, 0.05) is 5.92 Å². The molecule has 22 heavy (non-hydrogen) atoms. The van der Waals surface area contributed by atoms with E-state index < -0.39 is 5.66 Å². The molecule has 0 heterocycles. The SMILES string of the molecule is NC1(N=C=O)c2ccccc2CC1[C@@H]1CCc2ccccc21. The van der Waals surface area contributed by atoms with Gasteiger partial charge in [-0.15, -0.1) is 0 Å². The van der Waals surface area contributed by atoms with E-state index in [1.54, 1.807) is 6.08 Å². The number of carbonyl (C=O) groups excluding carboxylic acids is 1. The molecule has 3 atom stereocenters. The first-order valence-corrected chi connectivity index (χ1v) is 7.78. The molecule has 0 saturated carbocycles. The molecule has 2 aromatic carbocycles. The van der Waals surface area contributed by atoms with Crippen molar-refractivity contribution < 1.29 is 4.79 Å². The van der Waals surface area contributed by atoms with Crippen LogP contribution in [0, 0.1) is 5.92 Å². The molecule has 0 aliphatic heterocycles. The number of hydrogen-bond acceptors (Lipinski definition) is 3. The highest BCUT2D eigenvalue weighted by molar-refractivity contribution is 5.47. The van der Waals surface area contributed by atoms with Crippen LogP contribution in [0.1, 0.15) is 34.6 Å². The molecule has 3 nitrogen and oxygen atoms in total. The van der Waals surface area contributed by atoms with Crippen molar-refractivity contribution in [3.05, 3.63) is 70.8 Å². The zero-order chi connectivity index (χ0) is 15.2. The van der Waals surface area contributed by atoms with E-state index in [0.717, 1.165) is 24.8 Å². The highest BCUT2D eigenvalue weighted by Gasteiger charge is 2.49. The standard InChI is InChI=1S/C19H18N2O/c20-19(21-12-22)17-8-4-2-6-14(17)11-18(19)16-10-9-13-5-1-3-7-15(13)16/h1-8,16,18H,9-11,20H2/t16-,18?,19?/m1/s1. The molecule has 2 aromatic rings. The Hall–Kier alpha value is -2.22. The van der Waals surface area contributed by atoms with Gasteiger partial charge in [-0.1, -0.05) is 48.5 Å². The van der Waals surface area contributed by atoms with Gasteiger partial charge in [0.15, 0.2) is 0 Å². The maximum atomic E-state index is 11.0. The lowest BCUT2D eigenvalue weighted by Gasteiger charge is -2.31. The van der Waals surface area contributed by atoms with Gasteiger partial charge in [-0.05, 0) is 47.4 Å². The molecular formula is C19H18N2O. The molecule has 4 rings (SSSR count). The lowest BCUT2D eigenvalue weighted by atomic mass is 9.79. The van der Waals surface area contributed by atoms with Gasteiger partial charge in [0.2, 0.25) is 6.08 Å². The molecule has 0 aromatic heterocycles. The summed E-state index contributed by atoms with van der Waals surface area (Å²) in [6.07, 6.45) is 4.74. The third-order valence-electron chi connectivity index (χ3n) is 5.35. The van der Waals surface area contributed by atoms with Crippen molar-refractivity contribution in [2.75, 3.05) is 0 Å². The zero-order valence-corrected chi connectivity index (χ0v) is 12.3. The van der Waals surface area contributed by atoms with Gasteiger partial charge in [-0.2, -0.15) is 4.99 Å². The third kappa shape index (κ3) is 1.80. The Morgan fingerprint density at radius 3 is 2.64 bits per heavy atom. The van der Waals surface area contributed by atoms with Crippen molar-refractivity contribution in [3.8, 4) is 0 Å². The van der Waals surface area contributed by atoms with Gasteiger partial charge >= 0.3 is 0 Å². The van der Waals surface area contributed by atoms with Crippen LogP contribution in [-0.2, 0) is 23.3 Å². The Morgan fingerprint density at radius 1 is 1.09 bits per heavy atom. The Bertz CT molecular complexity index is 779. The molecule has 0 spiro atoms. The summed E-state index contributed by atoms with van der Waals surface area (Å²) < 4.78 is 0. The fourth-order valence-corrected chi connectivity index (χ4v) is 4.36. The highest BCUT2D eigenvalue weighted by Crippen LogP contribution is 2.51. The van der Waals surface area contributed by atoms with Gasteiger partial charge < -0.3 is 5.73 Å². The number of aliphatic imine (C=N–C) groups is 1. The van der Waals surface area contributed by atoms with E-state index in [1.165, 1.54) is 16.7 Å². The third-order valence-corrected chi connectivity index (χ3v) is 5.35. The largest absolute Gasteiger partial charge is 0.302 e. The number of rotatable bonds is 2. The minimum absolute atomic E-state index is 0.120. The van der Waals surface area contributed by atoms with Crippen LogP contribution in [0.5, 0.6) is 0 Å². The maximum Gasteiger partial charge on any atom is 0.237 e. The van der Waals surface area contributed by atoms with Crippen molar-refractivity contribution in [1.82, 2.24) is 0 Å². The van der Waals surface area contributed by atoms with Crippen LogP contribution in [0.25, 0.3) is 0 Å². The fraction of sp³-hybridized carbons (Fsp3) is 0.316. The number of fused-ring (bicyclic) bond motifs is 2. The number of isocyanates is 1. The summed E-state index contributed by atoms with van der Waals surface area (Å²) >= 11 is 0. The number of hydrogen-bond donors (Lipinski definition) is 1. The van der Waals surface area contributed by atoms with Gasteiger partial charge in [0.05, 0.1) is 0 Å². The average molecular weight is 290 g/mol. The summed E-state index contributed by atoms with van der Waals surface area (Å²) in [5.41, 5.74) is 10.7. The summed E-state index contributed by atoms with van der Waals surface area (Å²) in [7, 11) is 0. The Labute approximate surface area is 129 Å². The Balaban J connectivity index is 1.82. The van der Waals surface area contributed by atoms with Gasteiger partial charge in [-0.25, -0.2) is 4.79 Å². The zero-order valence-electron chi connectivity index (χ0n) is 12.3. The second-order valence-corrected chi connectivity index (χ2v) is 6.34. The molecule has 3 heteroatoms. The molecule has 0 fully saturated rings. The average Bonchev–Trinajstić information content (AvgIpc) is 3.08. The molecule has 2 N–H and O–H groups in total. The van der Waals surface area contributed by atoms with Gasteiger partial charge in [0.25, 0.3) is 0 Å². The van der Waals surface area contributed by atoms with Crippen molar-refractivity contribution in [3.63, 3.8) is 0 Å². The molecule has 0 bridgehead atoms. The fourth-order valence-electron chi connectivity index (χ4n) is 4.36. The molecule has 0 amide bonds. The van der Waals surface area contributed by atoms with E-state index in [9.17, 15) is 4.79 Å². The predicted octanol–water partition coefficient (Wildman–Crippen LogP) is 3.04. The second-order valence-electron chi connectivity index (χ2n) is 6.34. The molecule has 110 valence electrons. The maximum absolute atomic E-state index is 11.0. The first-order chi connectivity index (χ1) is 10.7. The van der Waals surface area contributed by atoms with E-state index in [4.69, 9.17) is 5.73 Å². The van der Waals surface area contributed by atoms with Crippen LogP contribution in [-0.4, -0.2) is 6.08 Å². The monoisotopic (exact) mass is 290 g/mol. The lowest BCUT2D eigenvalue weighted by molar-refractivity contribution is 0.263. The van der Waals surface area contributed by atoms with Crippen LogP contribution in [0.3, 0.4) is 0 Å². The van der Waals surface area contributed by atoms with Gasteiger partial charge in [-0.3, -0.25) is 0 Å². The summed E-state index contributed by atoms with van der Waals surface area (Å²) in [4.78, 5) is 15.1. The van der Waals surface area contributed by atoms with E-state index in [0.29, 0.717) is 5.92 Å². The van der Waals surface area contributed by atoms with Crippen molar-refractivity contribution in [1.29, 1.82) is 0 Å². The van der Waals surface area contributed by atoms with Crippen molar-refractivity contribution in [2.24, 2.45) is 16.6 Å². The van der Waals surface area contributed by atoms with Crippen LogP contribution >= 0.6 is 0 Å². The first kappa shape index (κ1) is 13.4. The second kappa shape index (κ2) is 4.91. The van der Waals surface area contributed by atoms with Crippen molar-refractivity contribution >= 4 is 6.08 Å². The summed E-state index contributed by atoms with van der Waals surface area (Å²) in [6, 6.07) is 16.6. The van der Waals surface area contributed by atoms with Crippen LogP contribution in [0.2, 0.25) is 0 Å². The molecule has 0 radical (unpaired) electrons. The quantitative estimate of drug-likeness (QED) is 0.682. The Morgan fingerprint density at radius 2 is 1.82 bits per heavy atom. The van der Waals surface area contributed by atoms with Gasteiger partial charge in [0.1, 0.15) is 5.66 Å². The molecule has 2 unspecified atom stereocenters. The lowest BCUT2D eigenvalue weighted by Crippen LogP contribution is -2.41. The minimum atomic E-state index is -0.944. The van der Waals surface area contributed by atoms with Crippen molar-refractivity contribution in [2.45, 2.75) is 30.8 Å². The number of nitrogens with zero attached hydrogens (tertiary/aromatic N) is 1. The molecule has 2 aliphatic rings. The number of nitrogens with two attached hydrogens (primary N) is 1.